The molecule has 18 heavy (non-hydrogen) atoms. The highest BCUT2D eigenvalue weighted by molar-refractivity contribution is 9.10. The third kappa shape index (κ3) is 3.13. The van der Waals surface area contributed by atoms with Crippen LogP contribution in [-0.4, -0.2) is 11.9 Å². The van der Waals surface area contributed by atoms with Gasteiger partial charge in [0.15, 0.2) is 0 Å². The fourth-order valence-corrected chi connectivity index (χ4v) is 3.41. The molecule has 0 radical (unpaired) electrons. The third-order valence-corrected chi connectivity index (χ3v) is 5.05. The Balaban J connectivity index is 2.09. The lowest BCUT2D eigenvalue weighted by Gasteiger charge is -2.25. The largest absolute Gasteiger partial charge is 0.399 e. The van der Waals surface area contributed by atoms with E-state index in [4.69, 9.17) is 5.73 Å². The van der Waals surface area contributed by atoms with E-state index in [0.717, 1.165) is 12.2 Å². The van der Waals surface area contributed by atoms with Crippen molar-refractivity contribution >= 4 is 33.0 Å². The normalized spacial score (nSPS) is 12.9. The fourth-order valence-electron chi connectivity index (χ4n) is 1.87. The molecule has 2 nitrogen and oxygen atoms in total. The van der Waals surface area contributed by atoms with E-state index >= 15 is 0 Å². The number of thiophene rings is 1. The van der Waals surface area contributed by atoms with Gasteiger partial charge in [-0.05, 0) is 59.0 Å². The lowest BCUT2D eigenvalue weighted by atomic mass is 10.1. The summed E-state index contributed by atoms with van der Waals surface area (Å²) in [6.45, 7) is 3.14. The van der Waals surface area contributed by atoms with Crippen LogP contribution in [0.5, 0.6) is 0 Å². The summed E-state index contributed by atoms with van der Waals surface area (Å²) in [6.07, 6.45) is 0. The molecule has 2 aromatic rings. The van der Waals surface area contributed by atoms with E-state index in [2.05, 4.69) is 52.3 Å². The molecule has 0 spiro atoms. The molecule has 2 N–H and O–H groups in total. The van der Waals surface area contributed by atoms with Gasteiger partial charge in [0.1, 0.15) is 0 Å². The second kappa shape index (κ2) is 5.87. The zero-order valence-corrected chi connectivity index (χ0v) is 13.0. The van der Waals surface area contributed by atoms with Crippen LogP contribution in [0.2, 0.25) is 0 Å². The van der Waals surface area contributed by atoms with Gasteiger partial charge in [-0.1, -0.05) is 12.1 Å². The minimum atomic E-state index is 0.350. The summed E-state index contributed by atoms with van der Waals surface area (Å²) < 4.78 is 1.19. The summed E-state index contributed by atoms with van der Waals surface area (Å²) in [7, 11) is 2.14. The molecule has 96 valence electrons. The molecule has 1 aromatic carbocycles. The summed E-state index contributed by atoms with van der Waals surface area (Å²) in [5.41, 5.74) is 7.91. The van der Waals surface area contributed by atoms with Gasteiger partial charge in [-0.2, -0.15) is 0 Å². The Kier molecular flexibility index (Phi) is 4.43. The zero-order chi connectivity index (χ0) is 13.1. The smallest absolute Gasteiger partial charge is 0.0342 e. The highest BCUT2D eigenvalue weighted by Gasteiger charge is 2.13. The van der Waals surface area contributed by atoms with Crippen LogP contribution in [0.4, 0.5) is 5.69 Å². The first-order chi connectivity index (χ1) is 8.58. The predicted molar refractivity (Wildman–Crippen MR) is 82.8 cm³/mol. The third-order valence-electron chi connectivity index (χ3n) is 3.14. The van der Waals surface area contributed by atoms with E-state index in [1.165, 1.54) is 14.9 Å². The predicted octanol–water partition coefficient (Wildman–Crippen LogP) is 4.29. The molecule has 1 heterocycles. The summed E-state index contributed by atoms with van der Waals surface area (Å²) in [5, 5.41) is 2.11. The average Bonchev–Trinajstić information content (AvgIpc) is 2.74. The molecule has 0 aliphatic rings. The van der Waals surface area contributed by atoms with Crippen LogP contribution in [0.3, 0.4) is 0 Å². The molecule has 2 rings (SSSR count). The van der Waals surface area contributed by atoms with E-state index in [-0.39, 0.29) is 0 Å². The molecule has 0 bridgehead atoms. The van der Waals surface area contributed by atoms with Crippen LogP contribution in [-0.2, 0) is 6.54 Å². The minimum absolute atomic E-state index is 0.350. The number of nitrogens with zero attached hydrogens (tertiary/aromatic N) is 1. The van der Waals surface area contributed by atoms with Gasteiger partial charge in [0.05, 0.1) is 0 Å². The Morgan fingerprint density at radius 3 is 2.78 bits per heavy atom. The van der Waals surface area contributed by atoms with E-state index in [1.807, 2.05) is 18.2 Å². The number of halogens is 1. The van der Waals surface area contributed by atoms with Crippen molar-refractivity contribution in [3.05, 3.63) is 50.6 Å². The highest BCUT2D eigenvalue weighted by atomic mass is 79.9. The first kappa shape index (κ1) is 13.6. The summed E-state index contributed by atoms with van der Waals surface area (Å²) in [6, 6.07) is 10.6. The molecule has 0 aliphatic heterocycles. The highest BCUT2D eigenvalue weighted by Crippen LogP contribution is 2.27. The van der Waals surface area contributed by atoms with Crippen LogP contribution in [0.25, 0.3) is 0 Å². The Labute approximate surface area is 121 Å². The number of anilines is 1. The van der Waals surface area contributed by atoms with E-state index in [9.17, 15) is 0 Å². The van der Waals surface area contributed by atoms with Crippen molar-refractivity contribution in [2.75, 3.05) is 12.8 Å². The van der Waals surface area contributed by atoms with Gasteiger partial charge in [-0.15, -0.1) is 11.3 Å². The fraction of sp³-hybridized carbons (Fsp3) is 0.286. The average molecular weight is 325 g/mol. The molecule has 4 heteroatoms. The molecular formula is C14H17BrN2S. The topological polar surface area (TPSA) is 29.3 Å². The molecule has 1 unspecified atom stereocenters. The second-order valence-corrected chi connectivity index (χ2v) is 6.31. The molecule has 0 fully saturated rings. The van der Waals surface area contributed by atoms with Gasteiger partial charge in [0, 0.05) is 27.6 Å². The number of rotatable bonds is 4. The quantitative estimate of drug-likeness (QED) is 0.850. The molecule has 0 saturated heterocycles. The maximum absolute atomic E-state index is 5.83. The molecule has 0 amide bonds. The first-order valence-electron chi connectivity index (χ1n) is 5.85. The summed E-state index contributed by atoms with van der Waals surface area (Å²) >= 11 is 5.36. The van der Waals surface area contributed by atoms with Crippen molar-refractivity contribution in [1.29, 1.82) is 0 Å². The SMILES string of the molecule is CC(c1cccc(N)c1)N(C)Cc1sccc1Br. The van der Waals surface area contributed by atoms with Crippen molar-refractivity contribution in [3.8, 4) is 0 Å². The molecular weight excluding hydrogens is 308 g/mol. The lowest BCUT2D eigenvalue weighted by Crippen LogP contribution is -2.21. The number of nitrogens with two attached hydrogens (primary N) is 1. The maximum atomic E-state index is 5.83. The Morgan fingerprint density at radius 1 is 1.39 bits per heavy atom. The van der Waals surface area contributed by atoms with Crippen LogP contribution < -0.4 is 5.73 Å². The van der Waals surface area contributed by atoms with E-state index in [1.54, 1.807) is 11.3 Å². The van der Waals surface area contributed by atoms with Gasteiger partial charge in [-0.3, -0.25) is 4.90 Å². The van der Waals surface area contributed by atoms with Gasteiger partial charge in [-0.25, -0.2) is 0 Å². The molecule has 0 aliphatic carbocycles. The second-order valence-electron chi connectivity index (χ2n) is 4.45. The van der Waals surface area contributed by atoms with Crippen LogP contribution in [0, 0.1) is 0 Å². The minimum Gasteiger partial charge on any atom is -0.399 e. The van der Waals surface area contributed by atoms with Gasteiger partial charge >= 0.3 is 0 Å². The van der Waals surface area contributed by atoms with Gasteiger partial charge in [0.2, 0.25) is 0 Å². The number of benzene rings is 1. The zero-order valence-electron chi connectivity index (χ0n) is 10.6. The van der Waals surface area contributed by atoms with Crippen LogP contribution in [0.15, 0.2) is 40.2 Å². The van der Waals surface area contributed by atoms with Gasteiger partial charge < -0.3 is 5.73 Å². The molecule has 1 aromatic heterocycles. The Morgan fingerprint density at radius 2 is 2.17 bits per heavy atom. The van der Waals surface area contributed by atoms with E-state index < -0.39 is 0 Å². The Bertz CT molecular complexity index is 524. The van der Waals surface area contributed by atoms with Crippen molar-refractivity contribution in [1.82, 2.24) is 4.90 Å². The van der Waals surface area contributed by atoms with Gasteiger partial charge in [0.25, 0.3) is 0 Å². The van der Waals surface area contributed by atoms with Crippen molar-refractivity contribution in [3.63, 3.8) is 0 Å². The first-order valence-corrected chi connectivity index (χ1v) is 7.52. The number of nitrogen functional groups attached to an aromatic ring is 1. The van der Waals surface area contributed by atoms with Crippen LogP contribution in [0.1, 0.15) is 23.4 Å². The number of hydrogen-bond donors (Lipinski definition) is 1. The van der Waals surface area contributed by atoms with E-state index in [0.29, 0.717) is 6.04 Å². The monoisotopic (exact) mass is 324 g/mol. The van der Waals surface area contributed by atoms with Crippen molar-refractivity contribution in [2.24, 2.45) is 0 Å². The summed E-state index contributed by atoms with van der Waals surface area (Å²) in [5.74, 6) is 0. The standard InChI is InChI=1S/C14H17BrN2S/c1-10(11-4-3-5-12(16)8-11)17(2)9-14-13(15)6-7-18-14/h3-8,10H,9,16H2,1-2H3. The number of hydrogen-bond acceptors (Lipinski definition) is 3. The maximum Gasteiger partial charge on any atom is 0.0342 e. The Hall–Kier alpha value is -0.840. The van der Waals surface area contributed by atoms with Crippen molar-refractivity contribution < 1.29 is 0 Å². The van der Waals surface area contributed by atoms with Crippen molar-refractivity contribution in [2.45, 2.75) is 19.5 Å². The van der Waals surface area contributed by atoms with Crippen LogP contribution >= 0.6 is 27.3 Å². The summed E-state index contributed by atoms with van der Waals surface area (Å²) in [4.78, 5) is 3.68. The molecule has 1 atom stereocenters. The molecule has 0 saturated carbocycles. The lowest BCUT2D eigenvalue weighted by molar-refractivity contribution is 0.255.